The smallest absolute Gasteiger partial charge is 0.266 e. The van der Waals surface area contributed by atoms with E-state index in [4.69, 9.17) is 0 Å². The van der Waals surface area contributed by atoms with Gasteiger partial charge in [0.15, 0.2) is 5.16 Å². The summed E-state index contributed by atoms with van der Waals surface area (Å²) < 4.78 is 1.66. The highest BCUT2D eigenvalue weighted by atomic mass is 32.2. The predicted molar refractivity (Wildman–Crippen MR) is 92.2 cm³/mol. The summed E-state index contributed by atoms with van der Waals surface area (Å²) in [5, 5.41) is 2.04. The molecule has 0 spiro atoms. The van der Waals surface area contributed by atoms with Gasteiger partial charge in [0.2, 0.25) is 0 Å². The molecule has 112 valence electrons. The third kappa shape index (κ3) is 2.19. The van der Waals surface area contributed by atoms with Crippen LogP contribution in [-0.2, 0) is 0 Å². The van der Waals surface area contributed by atoms with Crippen molar-refractivity contribution in [1.29, 1.82) is 0 Å². The van der Waals surface area contributed by atoms with Gasteiger partial charge < -0.3 is 0 Å². The van der Waals surface area contributed by atoms with E-state index >= 15 is 0 Å². The molecule has 1 aromatic carbocycles. The monoisotopic (exact) mass is 320 g/mol. The normalized spacial score (nSPS) is 11.2. The number of rotatable bonds is 2. The summed E-state index contributed by atoms with van der Waals surface area (Å²) in [7, 11) is 0. The minimum atomic E-state index is -0.139. The second-order valence-electron chi connectivity index (χ2n) is 4.99. The average Bonchev–Trinajstić information content (AvgIpc) is 2.62. The van der Waals surface area contributed by atoms with Crippen molar-refractivity contribution in [2.24, 2.45) is 0 Å². The lowest BCUT2D eigenvalue weighted by Gasteiger charge is -2.12. The number of thioether (sulfide) groups is 1. The Kier molecular flexibility index (Phi) is 3.31. The van der Waals surface area contributed by atoms with E-state index in [0.717, 1.165) is 16.6 Å². The van der Waals surface area contributed by atoms with E-state index in [-0.39, 0.29) is 5.56 Å². The highest BCUT2D eigenvalue weighted by Crippen LogP contribution is 2.23. The maximum absolute atomic E-state index is 13.0. The van der Waals surface area contributed by atoms with Gasteiger partial charge in [-0.2, -0.15) is 0 Å². The van der Waals surface area contributed by atoms with E-state index in [2.05, 4.69) is 15.0 Å². The van der Waals surface area contributed by atoms with Crippen molar-refractivity contribution in [3.63, 3.8) is 0 Å². The molecule has 23 heavy (non-hydrogen) atoms. The van der Waals surface area contributed by atoms with Crippen LogP contribution in [0.2, 0.25) is 0 Å². The van der Waals surface area contributed by atoms with Crippen LogP contribution in [0.4, 0.5) is 0 Å². The molecule has 0 saturated carbocycles. The number of aromatic nitrogens is 4. The van der Waals surface area contributed by atoms with Crippen molar-refractivity contribution in [3.05, 3.63) is 65.3 Å². The number of para-hydroxylation sites is 1. The highest BCUT2D eigenvalue weighted by molar-refractivity contribution is 7.98. The third-order valence-electron chi connectivity index (χ3n) is 3.69. The Balaban J connectivity index is 2.23. The lowest BCUT2D eigenvalue weighted by atomic mass is 10.1. The molecule has 5 nitrogen and oxygen atoms in total. The third-order valence-corrected chi connectivity index (χ3v) is 4.26. The van der Waals surface area contributed by atoms with Crippen LogP contribution >= 0.6 is 11.8 Å². The number of benzene rings is 1. The number of fused-ring (bicyclic) bond motifs is 3. The molecule has 4 aromatic rings. The maximum Gasteiger partial charge on any atom is 0.266 e. The Hall–Kier alpha value is -2.73. The molecule has 0 aliphatic carbocycles. The second kappa shape index (κ2) is 5.48. The zero-order valence-electron chi connectivity index (χ0n) is 12.3. The van der Waals surface area contributed by atoms with Gasteiger partial charge in [-0.05, 0) is 24.5 Å². The fourth-order valence-corrected chi connectivity index (χ4v) is 2.99. The fraction of sp³-hybridized carbons (Fsp3) is 0.0588. The molecule has 0 fully saturated rings. The van der Waals surface area contributed by atoms with Gasteiger partial charge in [-0.1, -0.05) is 30.0 Å². The highest BCUT2D eigenvalue weighted by Gasteiger charge is 2.14. The minimum absolute atomic E-state index is 0.139. The van der Waals surface area contributed by atoms with Crippen LogP contribution in [0.3, 0.4) is 0 Å². The van der Waals surface area contributed by atoms with Gasteiger partial charge in [-0.15, -0.1) is 0 Å². The Labute approximate surface area is 136 Å². The standard InChI is InChI=1S/C17H12N4OS/c1-23-17-19-9-13-15(20-17)12-7-8-18-10-14(12)21(16(13)22)11-5-3-2-4-6-11/h2-10H,1H3. The lowest BCUT2D eigenvalue weighted by molar-refractivity contribution is 0.990. The summed E-state index contributed by atoms with van der Waals surface area (Å²) in [6.07, 6.45) is 6.93. The first-order valence-corrected chi connectivity index (χ1v) is 8.27. The van der Waals surface area contributed by atoms with Crippen LogP contribution in [0.5, 0.6) is 0 Å². The average molecular weight is 320 g/mol. The van der Waals surface area contributed by atoms with Gasteiger partial charge in [0.25, 0.3) is 5.56 Å². The van der Waals surface area contributed by atoms with Crippen molar-refractivity contribution in [2.75, 3.05) is 6.26 Å². The zero-order valence-corrected chi connectivity index (χ0v) is 13.1. The molecule has 0 amide bonds. The maximum atomic E-state index is 13.0. The van der Waals surface area contributed by atoms with Gasteiger partial charge in [0.05, 0.1) is 22.6 Å². The lowest BCUT2D eigenvalue weighted by Crippen LogP contribution is -2.20. The van der Waals surface area contributed by atoms with Crippen molar-refractivity contribution >= 4 is 33.6 Å². The quantitative estimate of drug-likeness (QED) is 0.323. The molecule has 0 unspecified atom stereocenters. The van der Waals surface area contributed by atoms with E-state index in [1.807, 2.05) is 42.7 Å². The Morgan fingerprint density at radius 3 is 2.65 bits per heavy atom. The van der Waals surface area contributed by atoms with E-state index in [1.165, 1.54) is 11.8 Å². The largest absolute Gasteiger partial charge is 0.275 e. The number of nitrogens with zero attached hydrogens (tertiary/aromatic N) is 4. The Morgan fingerprint density at radius 2 is 1.87 bits per heavy atom. The summed E-state index contributed by atoms with van der Waals surface area (Å²) >= 11 is 1.45. The Bertz CT molecular complexity index is 1080. The van der Waals surface area contributed by atoms with Crippen molar-refractivity contribution < 1.29 is 0 Å². The number of pyridine rings is 2. The molecule has 0 N–H and O–H groups in total. The summed E-state index contributed by atoms with van der Waals surface area (Å²) in [6.45, 7) is 0. The summed E-state index contributed by atoms with van der Waals surface area (Å²) in [5.74, 6) is 0. The van der Waals surface area contributed by atoms with E-state index in [9.17, 15) is 4.79 Å². The first-order chi connectivity index (χ1) is 11.3. The van der Waals surface area contributed by atoms with Crippen molar-refractivity contribution in [2.45, 2.75) is 5.16 Å². The molecule has 4 rings (SSSR count). The topological polar surface area (TPSA) is 60.7 Å². The molecule has 0 atom stereocenters. The summed E-state index contributed by atoms with van der Waals surface area (Å²) in [5.41, 5.74) is 2.06. The summed E-state index contributed by atoms with van der Waals surface area (Å²) in [6, 6.07) is 11.4. The minimum Gasteiger partial charge on any atom is -0.275 e. The van der Waals surface area contributed by atoms with E-state index < -0.39 is 0 Å². The van der Waals surface area contributed by atoms with E-state index in [0.29, 0.717) is 16.1 Å². The van der Waals surface area contributed by atoms with E-state index in [1.54, 1.807) is 23.2 Å². The van der Waals surface area contributed by atoms with Crippen molar-refractivity contribution in [3.8, 4) is 5.69 Å². The zero-order chi connectivity index (χ0) is 15.8. The van der Waals surface area contributed by atoms with Crippen LogP contribution < -0.4 is 5.56 Å². The fourth-order valence-electron chi connectivity index (χ4n) is 2.65. The van der Waals surface area contributed by atoms with Crippen LogP contribution in [0, 0.1) is 0 Å². The van der Waals surface area contributed by atoms with Crippen LogP contribution in [0.15, 0.2) is 64.9 Å². The van der Waals surface area contributed by atoms with Gasteiger partial charge in [-0.25, -0.2) is 9.97 Å². The molecule has 3 aromatic heterocycles. The first kappa shape index (κ1) is 13.9. The molecule has 0 aliphatic heterocycles. The molecule has 0 bridgehead atoms. The van der Waals surface area contributed by atoms with Gasteiger partial charge >= 0.3 is 0 Å². The predicted octanol–water partition coefficient (Wildman–Crippen LogP) is 3.05. The van der Waals surface area contributed by atoms with Gasteiger partial charge in [0, 0.05) is 23.5 Å². The molecule has 0 aliphatic rings. The molecular weight excluding hydrogens is 308 g/mol. The summed E-state index contributed by atoms with van der Waals surface area (Å²) in [4.78, 5) is 26.0. The number of hydrogen-bond donors (Lipinski definition) is 0. The number of hydrogen-bond acceptors (Lipinski definition) is 5. The molecule has 3 heterocycles. The SMILES string of the molecule is CSc1ncc2c(=O)n(-c3ccccc3)c3cnccc3c2n1. The van der Waals surface area contributed by atoms with Crippen LogP contribution in [-0.4, -0.2) is 25.8 Å². The Morgan fingerprint density at radius 1 is 1.04 bits per heavy atom. The van der Waals surface area contributed by atoms with Crippen LogP contribution in [0.25, 0.3) is 27.5 Å². The van der Waals surface area contributed by atoms with Crippen molar-refractivity contribution in [1.82, 2.24) is 19.5 Å². The molecular formula is C17H12N4OS. The first-order valence-electron chi connectivity index (χ1n) is 7.04. The molecule has 6 heteroatoms. The van der Waals surface area contributed by atoms with Gasteiger partial charge in [-0.3, -0.25) is 14.3 Å². The van der Waals surface area contributed by atoms with Crippen LogP contribution in [0.1, 0.15) is 0 Å². The molecule has 0 saturated heterocycles. The molecule has 0 radical (unpaired) electrons. The second-order valence-corrected chi connectivity index (χ2v) is 5.76. The van der Waals surface area contributed by atoms with Gasteiger partial charge in [0.1, 0.15) is 0 Å².